The van der Waals surface area contributed by atoms with E-state index >= 15 is 0 Å². The van der Waals surface area contributed by atoms with Crippen molar-refractivity contribution in [3.63, 3.8) is 0 Å². The Kier molecular flexibility index (Phi) is 7.70. The molecule has 0 aliphatic carbocycles. The number of benzene rings is 2. The summed E-state index contributed by atoms with van der Waals surface area (Å²) in [5, 5.41) is 10.4. The van der Waals surface area contributed by atoms with Crippen molar-refractivity contribution in [3.8, 4) is 16.9 Å². The summed E-state index contributed by atoms with van der Waals surface area (Å²) in [6, 6.07) is 15.4. The summed E-state index contributed by atoms with van der Waals surface area (Å²) in [5.41, 5.74) is 2.91. The summed E-state index contributed by atoms with van der Waals surface area (Å²) in [6.07, 6.45) is 5.98. The summed E-state index contributed by atoms with van der Waals surface area (Å²) in [6.45, 7) is 0.404. The largest absolute Gasteiger partial charge is 0.545 e. The average molecular weight is 341 g/mol. The molecular formula is C21H22FO3-. The van der Waals surface area contributed by atoms with Gasteiger partial charge in [-0.25, -0.2) is 0 Å². The molecule has 0 fully saturated rings. The van der Waals surface area contributed by atoms with Crippen molar-refractivity contribution < 1.29 is 19.0 Å². The molecule has 4 heteroatoms. The molecule has 0 unspecified atom stereocenters. The van der Waals surface area contributed by atoms with Crippen LogP contribution in [0, 0.1) is 0 Å². The van der Waals surface area contributed by atoms with Crippen LogP contribution in [0.5, 0.6) is 5.75 Å². The number of hydrogen-bond donors (Lipinski definition) is 0. The number of hydrogen-bond acceptors (Lipinski definition) is 3. The van der Waals surface area contributed by atoms with E-state index in [4.69, 9.17) is 4.74 Å². The van der Waals surface area contributed by atoms with Crippen molar-refractivity contribution in [2.45, 2.75) is 25.7 Å². The minimum atomic E-state index is -1.21. The lowest BCUT2D eigenvalue weighted by Gasteiger charge is -2.08. The SMILES string of the molecule is O=C([O-])/C=C/c1ccc(-c2ccc(OCCCCCCF)cc2)cc1. The van der Waals surface area contributed by atoms with E-state index < -0.39 is 5.97 Å². The molecule has 2 aromatic rings. The Bertz CT molecular complexity index is 675. The van der Waals surface area contributed by atoms with Gasteiger partial charge in [-0.2, -0.15) is 0 Å². The number of ether oxygens (including phenoxy) is 1. The van der Waals surface area contributed by atoms with E-state index in [0.717, 1.165) is 47.8 Å². The Balaban J connectivity index is 1.86. The van der Waals surface area contributed by atoms with Gasteiger partial charge in [0.1, 0.15) is 5.75 Å². The lowest BCUT2D eigenvalue weighted by molar-refractivity contribution is -0.297. The summed E-state index contributed by atoms with van der Waals surface area (Å²) < 4.78 is 17.7. The lowest BCUT2D eigenvalue weighted by Crippen LogP contribution is -2.18. The number of unbranched alkanes of at least 4 members (excludes halogenated alkanes) is 3. The molecule has 0 spiro atoms. The molecule has 25 heavy (non-hydrogen) atoms. The minimum Gasteiger partial charge on any atom is -0.545 e. The summed E-state index contributed by atoms with van der Waals surface area (Å²) in [7, 11) is 0. The predicted octanol–water partition coefficient (Wildman–Crippen LogP) is 4.03. The van der Waals surface area contributed by atoms with E-state index in [1.54, 1.807) is 0 Å². The average Bonchev–Trinajstić information content (AvgIpc) is 2.64. The normalized spacial score (nSPS) is 10.9. The van der Waals surface area contributed by atoms with Crippen LogP contribution in [-0.2, 0) is 4.79 Å². The number of aliphatic carboxylic acids is 1. The van der Waals surface area contributed by atoms with Gasteiger partial charge in [-0.05, 0) is 54.2 Å². The molecule has 0 N–H and O–H groups in total. The van der Waals surface area contributed by atoms with Gasteiger partial charge >= 0.3 is 0 Å². The van der Waals surface area contributed by atoms with Gasteiger partial charge in [0, 0.05) is 0 Å². The molecule has 2 aromatic carbocycles. The van der Waals surface area contributed by atoms with Gasteiger partial charge in [0.05, 0.1) is 19.3 Å². The molecule has 0 saturated heterocycles. The number of carbonyl (C=O) groups is 1. The second-order valence-corrected chi connectivity index (χ2v) is 5.75. The van der Waals surface area contributed by atoms with Crippen LogP contribution in [0.3, 0.4) is 0 Å². The molecule has 0 saturated carbocycles. The van der Waals surface area contributed by atoms with Crippen molar-refractivity contribution in [1.82, 2.24) is 0 Å². The van der Waals surface area contributed by atoms with Gasteiger partial charge in [-0.15, -0.1) is 0 Å². The first kappa shape index (κ1) is 18.7. The molecule has 0 bridgehead atoms. The van der Waals surface area contributed by atoms with Gasteiger partial charge in [0.15, 0.2) is 0 Å². The van der Waals surface area contributed by atoms with E-state index in [9.17, 15) is 14.3 Å². The number of carboxylic acid groups (broad SMARTS) is 1. The van der Waals surface area contributed by atoms with Crippen LogP contribution >= 0.6 is 0 Å². The highest BCUT2D eigenvalue weighted by molar-refractivity contribution is 5.83. The second kappa shape index (κ2) is 10.3. The van der Waals surface area contributed by atoms with Crippen molar-refractivity contribution in [1.29, 1.82) is 0 Å². The first-order valence-electron chi connectivity index (χ1n) is 8.47. The fourth-order valence-electron chi connectivity index (χ4n) is 2.43. The Morgan fingerprint density at radius 1 is 0.920 bits per heavy atom. The quantitative estimate of drug-likeness (QED) is 0.484. The molecule has 0 aliphatic rings. The van der Waals surface area contributed by atoms with Gasteiger partial charge in [-0.3, -0.25) is 4.39 Å². The van der Waals surface area contributed by atoms with E-state index in [1.165, 1.54) is 6.08 Å². The van der Waals surface area contributed by atoms with Crippen LogP contribution in [0.1, 0.15) is 31.2 Å². The van der Waals surface area contributed by atoms with E-state index in [-0.39, 0.29) is 6.67 Å². The highest BCUT2D eigenvalue weighted by Crippen LogP contribution is 2.23. The van der Waals surface area contributed by atoms with E-state index in [0.29, 0.717) is 13.0 Å². The smallest absolute Gasteiger partial charge is 0.119 e. The monoisotopic (exact) mass is 341 g/mol. The third kappa shape index (κ3) is 6.79. The Labute approximate surface area is 147 Å². The van der Waals surface area contributed by atoms with E-state index in [1.807, 2.05) is 48.5 Å². The molecular weight excluding hydrogens is 319 g/mol. The molecule has 0 radical (unpaired) electrons. The molecule has 0 aliphatic heterocycles. The van der Waals surface area contributed by atoms with Crippen molar-refractivity contribution in [2.75, 3.05) is 13.3 Å². The first-order valence-corrected chi connectivity index (χ1v) is 8.47. The maximum Gasteiger partial charge on any atom is 0.119 e. The molecule has 0 atom stereocenters. The highest BCUT2D eigenvalue weighted by Gasteiger charge is 1.99. The van der Waals surface area contributed by atoms with Crippen LogP contribution in [0.2, 0.25) is 0 Å². The van der Waals surface area contributed by atoms with Crippen LogP contribution in [0.25, 0.3) is 17.2 Å². The first-order chi connectivity index (χ1) is 12.2. The summed E-state index contributed by atoms with van der Waals surface area (Å²) >= 11 is 0. The lowest BCUT2D eigenvalue weighted by atomic mass is 10.0. The molecule has 0 aromatic heterocycles. The van der Waals surface area contributed by atoms with Crippen molar-refractivity contribution in [3.05, 3.63) is 60.2 Å². The fraction of sp³-hybridized carbons (Fsp3) is 0.286. The number of rotatable bonds is 10. The Hall–Kier alpha value is -2.62. The Morgan fingerprint density at radius 3 is 2.12 bits per heavy atom. The van der Waals surface area contributed by atoms with Crippen LogP contribution < -0.4 is 9.84 Å². The maximum atomic E-state index is 12.0. The summed E-state index contributed by atoms with van der Waals surface area (Å²) in [5.74, 6) is -0.384. The number of carboxylic acids is 1. The second-order valence-electron chi connectivity index (χ2n) is 5.75. The number of alkyl halides is 1. The van der Waals surface area contributed by atoms with Crippen LogP contribution in [0.15, 0.2) is 54.6 Å². The molecule has 2 rings (SSSR count). The number of carbonyl (C=O) groups excluding carboxylic acids is 1. The zero-order valence-corrected chi connectivity index (χ0v) is 14.1. The molecule has 0 heterocycles. The third-order valence-electron chi connectivity index (χ3n) is 3.81. The highest BCUT2D eigenvalue weighted by atomic mass is 19.1. The summed E-state index contributed by atoms with van der Waals surface area (Å²) in [4.78, 5) is 10.4. The van der Waals surface area contributed by atoms with Crippen LogP contribution in [-0.4, -0.2) is 19.3 Å². The predicted molar refractivity (Wildman–Crippen MR) is 95.9 cm³/mol. The van der Waals surface area contributed by atoms with Gasteiger partial charge < -0.3 is 14.6 Å². The Morgan fingerprint density at radius 2 is 1.52 bits per heavy atom. The van der Waals surface area contributed by atoms with E-state index in [2.05, 4.69) is 0 Å². The molecule has 132 valence electrons. The maximum absolute atomic E-state index is 12.0. The third-order valence-corrected chi connectivity index (χ3v) is 3.81. The van der Waals surface area contributed by atoms with Gasteiger partial charge in [-0.1, -0.05) is 48.9 Å². The van der Waals surface area contributed by atoms with Crippen LogP contribution in [0.4, 0.5) is 4.39 Å². The zero-order chi connectivity index (χ0) is 17.9. The van der Waals surface area contributed by atoms with Crippen molar-refractivity contribution >= 4 is 12.0 Å². The molecule has 0 amide bonds. The van der Waals surface area contributed by atoms with Crippen molar-refractivity contribution in [2.24, 2.45) is 0 Å². The van der Waals surface area contributed by atoms with Gasteiger partial charge in [0.2, 0.25) is 0 Å². The topological polar surface area (TPSA) is 49.4 Å². The minimum absolute atomic E-state index is 0.240. The molecule has 3 nitrogen and oxygen atoms in total. The standard InChI is InChI=1S/C21H23FO3/c22-15-3-1-2-4-16-25-20-12-10-19(11-13-20)18-8-5-17(6-9-18)7-14-21(23)24/h5-14H,1-4,15-16H2,(H,23,24)/p-1/b14-7+. The van der Waals surface area contributed by atoms with Gasteiger partial charge in [0.25, 0.3) is 0 Å². The number of halogens is 1. The fourth-order valence-corrected chi connectivity index (χ4v) is 2.43. The zero-order valence-electron chi connectivity index (χ0n) is 14.1.